The van der Waals surface area contributed by atoms with E-state index in [2.05, 4.69) is 0 Å². The Morgan fingerprint density at radius 2 is 2.16 bits per heavy atom. The normalized spacial score (nSPS) is 18.2. The Kier molecular flexibility index (Phi) is 4.04. The third-order valence-electron chi connectivity index (χ3n) is 3.13. The molecule has 1 unspecified atom stereocenters. The Morgan fingerprint density at radius 1 is 1.42 bits per heavy atom. The van der Waals surface area contributed by atoms with E-state index in [1.54, 1.807) is 24.3 Å². The van der Waals surface area contributed by atoms with Gasteiger partial charge in [0, 0.05) is 12.0 Å². The summed E-state index contributed by atoms with van der Waals surface area (Å²) in [4.78, 5) is 25.0. The number of nitrogens with zero attached hydrogens (tertiary/aromatic N) is 1. The highest BCUT2D eigenvalue weighted by molar-refractivity contribution is 5.85. The number of hydrogen-bond donors (Lipinski definition) is 1. The number of carbonyl (C=O) groups is 2. The lowest BCUT2D eigenvalue weighted by atomic mass is 10.0. The quantitative estimate of drug-likeness (QED) is 0.903. The van der Waals surface area contributed by atoms with Gasteiger partial charge in [-0.25, -0.2) is 4.79 Å². The van der Waals surface area contributed by atoms with Gasteiger partial charge in [-0.1, -0.05) is 25.1 Å². The summed E-state index contributed by atoms with van der Waals surface area (Å²) in [5.74, 6) is -0.626. The van der Waals surface area contributed by atoms with E-state index in [0.29, 0.717) is 37.3 Å². The summed E-state index contributed by atoms with van der Waals surface area (Å²) in [6, 6.07) is 6.02. The zero-order chi connectivity index (χ0) is 13.8. The lowest BCUT2D eigenvalue weighted by Gasteiger charge is -2.26. The maximum Gasteiger partial charge on any atom is 0.331 e. The molecule has 0 spiro atoms. The molecule has 1 amide bonds. The summed E-state index contributed by atoms with van der Waals surface area (Å²) in [7, 11) is 0. The average molecular weight is 263 g/mol. The van der Waals surface area contributed by atoms with Crippen molar-refractivity contribution in [3.05, 3.63) is 29.8 Å². The maximum atomic E-state index is 12.1. The van der Waals surface area contributed by atoms with Crippen LogP contribution >= 0.6 is 0 Å². The summed E-state index contributed by atoms with van der Waals surface area (Å²) in [6.07, 6.45) is 1.05. The second-order valence-corrected chi connectivity index (χ2v) is 4.46. The number of carbonyl (C=O) groups excluding carboxylic acids is 1. The van der Waals surface area contributed by atoms with E-state index in [4.69, 9.17) is 4.74 Å². The van der Waals surface area contributed by atoms with Crippen LogP contribution in [-0.2, 0) is 9.59 Å². The first-order chi connectivity index (χ1) is 9.15. The van der Waals surface area contributed by atoms with E-state index in [9.17, 15) is 14.7 Å². The SMILES string of the molecule is CCCC(=O)N1CCOc2ccccc2C1C(=O)O. The standard InChI is InChI=1S/C14H17NO4/c1-2-5-12(16)15-8-9-19-11-7-4-3-6-10(11)13(15)14(17)18/h3-4,6-7,13H,2,5,8-9H2,1H3,(H,17,18). The van der Waals surface area contributed by atoms with Crippen molar-refractivity contribution in [2.45, 2.75) is 25.8 Å². The van der Waals surface area contributed by atoms with Crippen molar-refractivity contribution in [1.82, 2.24) is 4.90 Å². The summed E-state index contributed by atoms with van der Waals surface area (Å²) < 4.78 is 5.53. The summed E-state index contributed by atoms with van der Waals surface area (Å²) >= 11 is 0. The summed E-state index contributed by atoms with van der Waals surface area (Å²) in [5.41, 5.74) is 0.539. The highest BCUT2D eigenvalue weighted by Gasteiger charge is 2.34. The third kappa shape index (κ3) is 2.70. The molecule has 1 aromatic rings. The first kappa shape index (κ1) is 13.4. The van der Waals surface area contributed by atoms with E-state index in [0.717, 1.165) is 0 Å². The van der Waals surface area contributed by atoms with Crippen LogP contribution in [0.4, 0.5) is 0 Å². The molecule has 0 saturated carbocycles. The van der Waals surface area contributed by atoms with Gasteiger partial charge in [-0.2, -0.15) is 0 Å². The van der Waals surface area contributed by atoms with Crippen molar-refractivity contribution < 1.29 is 19.4 Å². The second kappa shape index (κ2) is 5.73. The first-order valence-electron chi connectivity index (χ1n) is 6.39. The first-order valence-corrected chi connectivity index (χ1v) is 6.39. The Labute approximate surface area is 111 Å². The van der Waals surface area contributed by atoms with Crippen molar-refractivity contribution in [2.24, 2.45) is 0 Å². The number of amides is 1. The number of carboxylic acids is 1. The van der Waals surface area contributed by atoms with Gasteiger partial charge in [0.15, 0.2) is 6.04 Å². The van der Waals surface area contributed by atoms with Crippen molar-refractivity contribution in [2.75, 3.05) is 13.2 Å². The molecule has 5 nitrogen and oxygen atoms in total. The molecule has 1 atom stereocenters. The van der Waals surface area contributed by atoms with Crippen LogP contribution in [0.25, 0.3) is 0 Å². The van der Waals surface area contributed by atoms with Crippen molar-refractivity contribution >= 4 is 11.9 Å². The molecule has 0 aliphatic carbocycles. The molecule has 0 bridgehead atoms. The number of rotatable bonds is 3. The van der Waals surface area contributed by atoms with Crippen LogP contribution in [0.1, 0.15) is 31.4 Å². The van der Waals surface area contributed by atoms with Gasteiger partial charge in [-0.15, -0.1) is 0 Å². The van der Waals surface area contributed by atoms with Gasteiger partial charge in [0.2, 0.25) is 5.91 Å². The molecular weight excluding hydrogens is 246 g/mol. The molecule has 19 heavy (non-hydrogen) atoms. The van der Waals surface area contributed by atoms with Crippen LogP contribution in [0.5, 0.6) is 5.75 Å². The zero-order valence-corrected chi connectivity index (χ0v) is 10.8. The summed E-state index contributed by atoms with van der Waals surface area (Å²) in [6.45, 7) is 2.51. The minimum Gasteiger partial charge on any atom is -0.491 e. The molecule has 1 heterocycles. The molecule has 1 aliphatic rings. The molecular formula is C14H17NO4. The number of para-hydroxylation sites is 1. The van der Waals surface area contributed by atoms with Crippen LogP contribution in [-0.4, -0.2) is 35.0 Å². The van der Waals surface area contributed by atoms with Crippen LogP contribution < -0.4 is 4.74 Å². The van der Waals surface area contributed by atoms with Crippen LogP contribution in [0.2, 0.25) is 0 Å². The topological polar surface area (TPSA) is 66.8 Å². The molecule has 1 N–H and O–H groups in total. The van der Waals surface area contributed by atoms with Gasteiger partial charge in [-0.3, -0.25) is 4.79 Å². The fourth-order valence-electron chi connectivity index (χ4n) is 2.28. The van der Waals surface area contributed by atoms with Gasteiger partial charge in [0.05, 0.1) is 6.54 Å². The number of fused-ring (bicyclic) bond motifs is 1. The molecule has 2 rings (SSSR count). The van der Waals surface area contributed by atoms with Crippen molar-refractivity contribution in [3.63, 3.8) is 0 Å². The van der Waals surface area contributed by atoms with E-state index < -0.39 is 12.0 Å². The highest BCUT2D eigenvalue weighted by atomic mass is 16.5. The molecule has 0 saturated heterocycles. The third-order valence-corrected chi connectivity index (χ3v) is 3.13. The van der Waals surface area contributed by atoms with E-state index in [1.165, 1.54) is 4.90 Å². The maximum absolute atomic E-state index is 12.1. The number of hydrogen-bond acceptors (Lipinski definition) is 3. The van der Waals surface area contributed by atoms with Gasteiger partial charge in [-0.05, 0) is 12.5 Å². The molecule has 102 valence electrons. The monoisotopic (exact) mass is 263 g/mol. The molecule has 0 fully saturated rings. The van der Waals surface area contributed by atoms with E-state index in [-0.39, 0.29) is 5.91 Å². The van der Waals surface area contributed by atoms with E-state index in [1.807, 2.05) is 6.92 Å². The number of ether oxygens (including phenoxy) is 1. The largest absolute Gasteiger partial charge is 0.491 e. The zero-order valence-electron chi connectivity index (χ0n) is 10.8. The molecule has 1 aliphatic heterocycles. The van der Waals surface area contributed by atoms with Gasteiger partial charge < -0.3 is 14.7 Å². The Bertz CT molecular complexity index is 486. The molecule has 0 radical (unpaired) electrons. The Hall–Kier alpha value is -2.04. The molecule has 5 heteroatoms. The predicted octanol–water partition coefficient (Wildman–Crippen LogP) is 1.83. The Morgan fingerprint density at radius 3 is 2.84 bits per heavy atom. The van der Waals surface area contributed by atoms with Crippen LogP contribution in [0, 0.1) is 0 Å². The molecule has 1 aromatic carbocycles. The Balaban J connectivity index is 2.40. The van der Waals surface area contributed by atoms with Gasteiger partial charge in [0.25, 0.3) is 0 Å². The highest BCUT2D eigenvalue weighted by Crippen LogP contribution is 2.32. The van der Waals surface area contributed by atoms with Crippen LogP contribution in [0.15, 0.2) is 24.3 Å². The number of carboxylic acid groups (broad SMARTS) is 1. The number of aliphatic carboxylic acids is 1. The summed E-state index contributed by atoms with van der Waals surface area (Å²) in [5, 5.41) is 9.45. The van der Waals surface area contributed by atoms with Crippen molar-refractivity contribution in [3.8, 4) is 5.75 Å². The van der Waals surface area contributed by atoms with E-state index >= 15 is 0 Å². The van der Waals surface area contributed by atoms with Gasteiger partial charge >= 0.3 is 5.97 Å². The van der Waals surface area contributed by atoms with Crippen LogP contribution in [0.3, 0.4) is 0 Å². The average Bonchev–Trinajstić information content (AvgIpc) is 2.58. The number of benzene rings is 1. The smallest absolute Gasteiger partial charge is 0.331 e. The predicted molar refractivity (Wildman–Crippen MR) is 68.9 cm³/mol. The lowest BCUT2D eigenvalue weighted by Crippen LogP contribution is -2.39. The molecule has 0 aromatic heterocycles. The van der Waals surface area contributed by atoms with Gasteiger partial charge in [0.1, 0.15) is 12.4 Å². The second-order valence-electron chi connectivity index (χ2n) is 4.46. The lowest BCUT2D eigenvalue weighted by molar-refractivity contribution is -0.150. The fourth-order valence-corrected chi connectivity index (χ4v) is 2.28. The minimum atomic E-state index is -1.03. The fraction of sp³-hybridized carbons (Fsp3) is 0.429. The van der Waals surface area contributed by atoms with Crippen molar-refractivity contribution in [1.29, 1.82) is 0 Å². The minimum absolute atomic E-state index is 0.143.